The van der Waals surface area contributed by atoms with E-state index in [1.165, 1.54) is 0 Å². The Morgan fingerprint density at radius 3 is 2.77 bits per heavy atom. The van der Waals surface area contributed by atoms with Gasteiger partial charge in [-0.15, -0.1) is 11.8 Å². The summed E-state index contributed by atoms with van der Waals surface area (Å²) in [7, 11) is 1.60. The third kappa shape index (κ3) is 2.06. The van der Waals surface area contributed by atoms with Gasteiger partial charge in [-0.25, -0.2) is 0 Å². The molecule has 3 nitrogen and oxygen atoms in total. The number of fused-ring (bicyclic) bond motifs is 1. The standard InChI is InChI=1S/C17H13ClO3S/c1-20-12-6-7-14-13(8-12)15(19)17(9-22-14)16(21-17)10-2-4-11(18)5-3-10/h2-8,16H,9H2,1H3. The van der Waals surface area contributed by atoms with Crippen molar-refractivity contribution in [2.45, 2.75) is 16.6 Å². The van der Waals surface area contributed by atoms with Gasteiger partial charge in [-0.1, -0.05) is 23.7 Å². The minimum Gasteiger partial charge on any atom is -0.497 e. The zero-order chi connectivity index (χ0) is 15.3. The predicted octanol–water partition coefficient (Wildman–Crippen LogP) is 4.15. The molecule has 2 aliphatic heterocycles. The Labute approximate surface area is 137 Å². The molecule has 2 atom stereocenters. The van der Waals surface area contributed by atoms with Crippen molar-refractivity contribution in [2.24, 2.45) is 0 Å². The second-order valence-corrected chi connectivity index (χ2v) is 6.87. The third-order valence-corrected chi connectivity index (χ3v) is 5.62. The van der Waals surface area contributed by atoms with E-state index in [1.54, 1.807) is 24.9 Å². The number of hydrogen-bond donors (Lipinski definition) is 0. The highest BCUT2D eigenvalue weighted by Gasteiger charge is 2.64. The lowest BCUT2D eigenvalue weighted by atomic mass is 9.92. The molecule has 1 spiro atoms. The lowest BCUT2D eigenvalue weighted by Gasteiger charge is -2.21. The van der Waals surface area contributed by atoms with Crippen LogP contribution in [0.4, 0.5) is 0 Å². The Hall–Kier alpha value is -1.49. The van der Waals surface area contributed by atoms with Crippen LogP contribution in [-0.2, 0) is 4.74 Å². The van der Waals surface area contributed by atoms with Crippen LogP contribution in [-0.4, -0.2) is 24.2 Å². The predicted molar refractivity (Wildman–Crippen MR) is 86.1 cm³/mol. The molecule has 2 aromatic carbocycles. The molecule has 0 bridgehead atoms. The summed E-state index contributed by atoms with van der Waals surface area (Å²) >= 11 is 7.57. The van der Waals surface area contributed by atoms with E-state index in [9.17, 15) is 4.79 Å². The van der Waals surface area contributed by atoms with Gasteiger partial charge < -0.3 is 9.47 Å². The summed E-state index contributed by atoms with van der Waals surface area (Å²) in [5.41, 5.74) is 0.939. The van der Waals surface area contributed by atoms with Crippen LogP contribution in [0.3, 0.4) is 0 Å². The zero-order valence-corrected chi connectivity index (χ0v) is 13.4. The molecule has 0 saturated carbocycles. The number of carbonyl (C=O) groups is 1. The van der Waals surface area contributed by atoms with E-state index in [4.69, 9.17) is 21.1 Å². The molecule has 1 saturated heterocycles. The second-order valence-electron chi connectivity index (χ2n) is 5.42. The maximum absolute atomic E-state index is 12.9. The zero-order valence-electron chi connectivity index (χ0n) is 11.8. The maximum atomic E-state index is 12.9. The summed E-state index contributed by atoms with van der Waals surface area (Å²) in [4.78, 5) is 13.9. The van der Waals surface area contributed by atoms with Crippen LogP contribution in [0, 0.1) is 0 Å². The first-order valence-corrected chi connectivity index (χ1v) is 8.29. The molecule has 0 aliphatic carbocycles. The summed E-state index contributed by atoms with van der Waals surface area (Å²) in [6.07, 6.45) is -0.191. The van der Waals surface area contributed by atoms with E-state index in [1.807, 2.05) is 36.4 Å². The molecule has 0 N–H and O–H groups in total. The normalized spacial score (nSPS) is 25.9. The van der Waals surface area contributed by atoms with Gasteiger partial charge in [-0.3, -0.25) is 4.79 Å². The van der Waals surface area contributed by atoms with Crippen molar-refractivity contribution in [1.29, 1.82) is 0 Å². The Bertz CT molecular complexity index is 759. The number of hydrogen-bond acceptors (Lipinski definition) is 4. The van der Waals surface area contributed by atoms with Crippen LogP contribution in [0.5, 0.6) is 5.75 Å². The summed E-state index contributed by atoms with van der Waals surface area (Å²) < 4.78 is 11.1. The number of benzene rings is 2. The highest BCUT2D eigenvalue weighted by Crippen LogP contribution is 2.57. The lowest BCUT2D eigenvalue weighted by molar-refractivity contribution is 0.0885. The van der Waals surface area contributed by atoms with Gasteiger partial charge >= 0.3 is 0 Å². The number of thioether (sulfide) groups is 1. The molecule has 1 fully saturated rings. The van der Waals surface area contributed by atoms with Crippen LogP contribution in [0.2, 0.25) is 5.02 Å². The first-order chi connectivity index (χ1) is 10.6. The van der Waals surface area contributed by atoms with Gasteiger partial charge in [0, 0.05) is 21.2 Å². The quantitative estimate of drug-likeness (QED) is 0.774. The van der Waals surface area contributed by atoms with Crippen molar-refractivity contribution in [3.05, 3.63) is 58.6 Å². The fraction of sp³-hybridized carbons (Fsp3) is 0.235. The molecular formula is C17H13ClO3S. The average Bonchev–Trinajstić information content (AvgIpc) is 3.27. The van der Waals surface area contributed by atoms with Crippen molar-refractivity contribution >= 4 is 29.1 Å². The van der Waals surface area contributed by atoms with E-state index in [-0.39, 0.29) is 11.9 Å². The minimum atomic E-state index is -0.738. The SMILES string of the molecule is COc1ccc2c(c1)C(=O)C1(CS2)OC1c1ccc(Cl)cc1. The van der Waals surface area contributed by atoms with Crippen molar-refractivity contribution < 1.29 is 14.3 Å². The molecule has 0 amide bonds. The molecule has 112 valence electrons. The van der Waals surface area contributed by atoms with E-state index >= 15 is 0 Å². The number of ether oxygens (including phenoxy) is 2. The lowest BCUT2D eigenvalue weighted by Crippen LogP contribution is -2.32. The number of epoxide rings is 1. The molecule has 2 aromatic rings. The van der Waals surface area contributed by atoms with Crippen LogP contribution < -0.4 is 4.74 Å². The Morgan fingerprint density at radius 2 is 2.05 bits per heavy atom. The largest absolute Gasteiger partial charge is 0.497 e. The molecule has 4 rings (SSSR count). The van der Waals surface area contributed by atoms with Crippen molar-refractivity contribution in [2.75, 3.05) is 12.9 Å². The molecular weight excluding hydrogens is 320 g/mol. The molecule has 5 heteroatoms. The molecule has 0 radical (unpaired) electrons. The van der Waals surface area contributed by atoms with Crippen LogP contribution in [0.1, 0.15) is 22.0 Å². The second kappa shape index (κ2) is 5.01. The fourth-order valence-electron chi connectivity index (χ4n) is 2.85. The summed E-state index contributed by atoms with van der Waals surface area (Å²) in [6, 6.07) is 13.1. The van der Waals surface area contributed by atoms with E-state index < -0.39 is 5.60 Å². The summed E-state index contributed by atoms with van der Waals surface area (Å²) in [6.45, 7) is 0. The van der Waals surface area contributed by atoms with Crippen molar-refractivity contribution in [3.63, 3.8) is 0 Å². The van der Waals surface area contributed by atoms with E-state index in [0.717, 1.165) is 10.5 Å². The monoisotopic (exact) mass is 332 g/mol. The average molecular weight is 333 g/mol. The van der Waals surface area contributed by atoms with Gasteiger partial charge in [0.05, 0.1) is 7.11 Å². The Morgan fingerprint density at radius 1 is 1.27 bits per heavy atom. The summed E-state index contributed by atoms with van der Waals surface area (Å²) in [5, 5.41) is 0.679. The van der Waals surface area contributed by atoms with Gasteiger partial charge in [-0.05, 0) is 35.9 Å². The number of Topliss-reactive ketones (excluding diaryl/α,β-unsaturated/α-hetero) is 1. The van der Waals surface area contributed by atoms with Gasteiger partial charge in [0.2, 0.25) is 0 Å². The van der Waals surface area contributed by atoms with E-state index in [0.29, 0.717) is 22.1 Å². The fourth-order valence-corrected chi connectivity index (χ4v) is 4.17. The Kier molecular flexibility index (Phi) is 3.22. The molecule has 2 heterocycles. The summed E-state index contributed by atoms with van der Waals surface area (Å²) in [5.74, 6) is 1.37. The number of carbonyl (C=O) groups excluding carboxylic acids is 1. The molecule has 0 aromatic heterocycles. The van der Waals surface area contributed by atoms with Gasteiger partial charge in [0.25, 0.3) is 0 Å². The Balaban J connectivity index is 1.68. The van der Waals surface area contributed by atoms with Crippen LogP contribution in [0.15, 0.2) is 47.4 Å². The topological polar surface area (TPSA) is 38.8 Å². The number of halogens is 1. The van der Waals surface area contributed by atoms with Crippen molar-refractivity contribution in [3.8, 4) is 5.75 Å². The molecule has 2 aliphatic rings. The first kappa shape index (κ1) is 14.1. The highest BCUT2D eigenvalue weighted by atomic mass is 35.5. The van der Waals surface area contributed by atoms with Crippen molar-refractivity contribution in [1.82, 2.24) is 0 Å². The van der Waals surface area contributed by atoms with Gasteiger partial charge in [-0.2, -0.15) is 0 Å². The first-order valence-electron chi connectivity index (χ1n) is 6.93. The number of ketones is 1. The van der Waals surface area contributed by atoms with Gasteiger partial charge in [0.15, 0.2) is 11.4 Å². The molecule has 2 unspecified atom stereocenters. The number of methoxy groups -OCH3 is 1. The van der Waals surface area contributed by atoms with Gasteiger partial charge in [0.1, 0.15) is 11.9 Å². The highest BCUT2D eigenvalue weighted by molar-refractivity contribution is 7.99. The molecule has 22 heavy (non-hydrogen) atoms. The van der Waals surface area contributed by atoms with Crippen LogP contribution in [0.25, 0.3) is 0 Å². The minimum absolute atomic E-state index is 0.0418. The van der Waals surface area contributed by atoms with E-state index in [2.05, 4.69) is 0 Å². The third-order valence-electron chi connectivity index (χ3n) is 4.13. The number of rotatable bonds is 2. The van der Waals surface area contributed by atoms with Crippen LogP contribution >= 0.6 is 23.4 Å². The smallest absolute Gasteiger partial charge is 0.199 e. The maximum Gasteiger partial charge on any atom is 0.199 e.